The number of carbonyl (C=O) groups is 1. The number of rotatable bonds is 7. The van der Waals surface area contributed by atoms with Gasteiger partial charge in [-0.3, -0.25) is 10.1 Å². The zero-order chi connectivity index (χ0) is 17.6. The van der Waals surface area contributed by atoms with Crippen LogP contribution in [0.25, 0.3) is 10.8 Å². The van der Waals surface area contributed by atoms with Crippen LogP contribution >= 0.6 is 23.1 Å². The minimum atomic E-state index is -0.638. The maximum Gasteiger partial charge on any atom is 0.266 e. The number of hydrogen-bond acceptors (Lipinski definition) is 6. The number of nitrogens with zero attached hydrogens (tertiary/aromatic N) is 2. The Hall–Kier alpha value is -2.12. The molecule has 5 nitrogen and oxygen atoms in total. The highest BCUT2D eigenvalue weighted by atomic mass is 32.2. The van der Waals surface area contributed by atoms with Crippen LogP contribution in [0.3, 0.4) is 0 Å². The van der Waals surface area contributed by atoms with Crippen LogP contribution in [0.15, 0.2) is 46.8 Å². The van der Waals surface area contributed by atoms with Gasteiger partial charge in [-0.25, -0.2) is 0 Å². The molecule has 0 bridgehead atoms. The molecule has 25 heavy (non-hydrogen) atoms. The van der Waals surface area contributed by atoms with E-state index in [4.69, 9.17) is 4.74 Å². The van der Waals surface area contributed by atoms with Crippen LogP contribution < -0.4 is 10.1 Å². The summed E-state index contributed by atoms with van der Waals surface area (Å²) in [5.74, 6) is 1.44. The van der Waals surface area contributed by atoms with Gasteiger partial charge in [-0.2, -0.15) is 0 Å². The number of thioether (sulfide) groups is 1. The van der Waals surface area contributed by atoms with Crippen LogP contribution in [0.4, 0.5) is 5.13 Å². The summed E-state index contributed by atoms with van der Waals surface area (Å²) in [7, 11) is 0. The molecule has 0 aliphatic carbocycles. The molecule has 0 fully saturated rings. The Morgan fingerprint density at radius 1 is 1.24 bits per heavy atom. The van der Waals surface area contributed by atoms with Crippen LogP contribution in [0.5, 0.6) is 5.75 Å². The predicted molar refractivity (Wildman–Crippen MR) is 104 cm³/mol. The van der Waals surface area contributed by atoms with Gasteiger partial charge in [0.15, 0.2) is 10.4 Å². The summed E-state index contributed by atoms with van der Waals surface area (Å²) in [6, 6.07) is 13.7. The van der Waals surface area contributed by atoms with Gasteiger partial charge in [0.1, 0.15) is 5.75 Å². The molecule has 1 amide bonds. The fraction of sp³-hybridized carbons (Fsp3) is 0.278. The van der Waals surface area contributed by atoms with Crippen molar-refractivity contribution < 1.29 is 9.53 Å². The summed E-state index contributed by atoms with van der Waals surface area (Å²) in [6.07, 6.45) is 0.434. The third-order valence-electron chi connectivity index (χ3n) is 3.49. The van der Waals surface area contributed by atoms with E-state index in [1.54, 1.807) is 18.7 Å². The molecule has 0 radical (unpaired) electrons. The second-order valence-electron chi connectivity index (χ2n) is 5.45. The van der Waals surface area contributed by atoms with Crippen molar-refractivity contribution >= 4 is 44.9 Å². The van der Waals surface area contributed by atoms with Crippen LogP contribution in [0.2, 0.25) is 0 Å². The van der Waals surface area contributed by atoms with Gasteiger partial charge in [0.2, 0.25) is 5.13 Å². The van der Waals surface area contributed by atoms with Gasteiger partial charge in [-0.1, -0.05) is 66.4 Å². The highest BCUT2D eigenvalue weighted by Gasteiger charge is 2.18. The van der Waals surface area contributed by atoms with E-state index < -0.39 is 6.10 Å². The average Bonchev–Trinajstić information content (AvgIpc) is 3.07. The van der Waals surface area contributed by atoms with Crippen molar-refractivity contribution in [2.24, 2.45) is 0 Å². The first-order valence-electron chi connectivity index (χ1n) is 8.09. The highest BCUT2D eigenvalue weighted by Crippen LogP contribution is 2.27. The molecule has 0 aliphatic heterocycles. The van der Waals surface area contributed by atoms with Crippen LogP contribution in [0, 0.1) is 0 Å². The molecule has 0 aliphatic rings. The van der Waals surface area contributed by atoms with E-state index in [0.29, 0.717) is 10.9 Å². The first kappa shape index (κ1) is 17.7. The number of aromatic nitrogens is 2. The van der Waals surface area contributed by atoms with Gasteiger partial charge < -0.3 is 4.74 Å². The van der Waals surface area contributed by atoms with E-state index in [9.17, 15) is 4.79 Å². The summed E-state index contributed by atoms with van der Waals surface area (Å²) in [5, 5.41) is 13.4. The third kappa shape index (κ3) is 4.49. The van der Waals surface area contributed by atoms with Crippen molar-refractivity contribution in [1.29, 1.82) is 0 Å². The van der Waals surface area contributed by atoms with Crippen molar-refractivity contribution in [2.75, 3.05) is 11.1 Å². The maximum absolute atomic E-state index is 12.4. The number of fused-ring (bicyclic) bond motifs is 1. The lowest BCUT2D eigenvalue weighted by Crippen LogP contribution is -2.30. The van der Waals surface area contributed by atoms with Gasteiger partial charge >= 0.3 is 0 Å². The summed E-state index contributed by atoms with van der Waals surface area (Å²) in [6.45, 7) is 3.84. The van der Waals surface area contributed by atoms with Crippen molar-refractivity contribution in [3.05, 3.63) is 42.5 Å². The number of benzene rings is 2. The minimum Gasteiger partial charge on any atom is -0.480 e. The predicted octanol–water partition coefficient (Wildman–Crippen LogP) is 4.60. The Labute approximate surface area is 154 Å². The summed E-state index contributed by atoms with van der Waals surface area (Å²) in [4.78, 5) is 12.4. The van der Waals surface area contributed by atoms with Crippen molar-refractivity contribution in [3.8, 4) is 5.75 Å². The van der Waals surface area contributed by atoms with Gasteiger partial charge in [-0.15, -0.1) is 10.2 Å². The zero-order valence-electron chi connectivity index (χ0n) is 14.1. The lowest BCUT2D eigenvalue weighted by atomic mass is 10.1. The molecule has 7 heteroatoms. The first-order chi connectivity index (χ1) is 12.2. The zero-order valence-corrected chi connectivity index (χ0v) is 15.7. The lowest BCUT2D eigenvalue weighted by molar-refractivity contribution is -0.122. The molecule has 1 aromatic heterocycles. The second kappa shape index (κ2) is 8.31. The molecule has 2 aromatic carbocycles. The second-order valence-corrected chi connectivity index (χ2v) is 7.77. The van der Waals surface area contributed by atoms with Crippen LogP contribution in [-0.2, 0) is 4.79 Å². The van der Waals surface area contributed by atoms with Crippen LogP contribution in [-0.4, -0.2) is 28.0 Å². The largest absolute Gasteiger partial charge is 0.480 e. The van der Waals surface area contributed by atoms with Crippen molar-refractivity contribution in [1.82, 2.24) is 10.2 Å². The fourth-order valence-electron chi connectivity index (χ4n) is 2.26. The molecule has 130 valence electrons. The van der Waals surface area contributed by atoms with Crippen molar-refractivity contribution in [3.63, 3.8) is 0 Å². The molecular weight excluding hydrogens is 354 g/mol. The maximum atomic E-state index is 12.4. The van der Waals surface area contributed by atoms with Crippen molar-refractivity contribution in [2.45, 2.75) is 30.7 Å². The monoisotopic (exact) mass is 373 g/mol. The number of anilines is 1. The Balaban J connectivity index is 1.65. The number of amides is 1. The van der Waals surface area contributed by atoms with Crippen LogP contribution in [0.1, 0.15) is 20.3 Å². The molecular formula is C18H19N3O2S2. The molecule has 0 unspecified atom stereocenters. The normalized spacial score (nSPS) is 12.1. The third-order valence-corrected chi connectivity index (χ3v) is 5.67. The summed E-state index contributed by atoms with van der Waals surface area (Å²) in [5.41, 5.74) is 0. The Morgan fingerprint density at radius 3 is 2.88 bits per heavy atom. The average molecular weight is 374 g/mol. The van der Waals surface area contributed by atoms with E-state index in [-0.39, 0.29) is 5.91 Å². The van der Waals surface area contributed by atoms with Gasteiger partial charge in [-0.05, 0) is 24.8 Å². The summed E-state index contributed by atoms with van der Waals surface area (Å²) < 4.78 is 6.73. The SMILES string of the molecule is CCCSc1nnc(NC(=O)[C@H](C)Oc2cccc3ccccc23)s1. The minimum absolute atomic E-state index is 0.240. The van der Waals surface area contributed by atoms with Gasteiger partial charge in [0, 0.05) is 11.1 Å². The molecule has 3 rings (SSSR count). The van der Waals surface area contributed by atoms with E-state index in [1.807, 2.05) is 42.5 Å². The fourth-order valence-corrected chi connectivity index (χ4v) is 3.94. The highest BCUT2D eigenvalue weighted by molar-refractivity contribution is 8.01. The van der Waals surface area contributed by atoms with E-state index in [0.717, 1.165) is 27.3 Å². The van der Waals surface area contributed by atoms with E-state index in [1.165, 1.54) is 11.3 Å². The molecule has 0 saturated heterocycles. The standard InChI is InChI=1S/C18H19N3O2S2/c1-3-11-24-18-21-20-17(25-18)19-16(22)12(2)23-15-10-6-8-13-7-4-5-9-14(13)15/h4-10,12H,3,11H2,1-2H3,(H,19,20,22)/t12-/m0/s1. The number of ether oxygens (including phenoxy) is 1. The lowest BCUT2D eigenvalue weighted by Gasteiger charge is -2.15. The Morgan fingerprint density at radius 2 is 2.04 bits per heavy atom. The quantitative estimate of drug-likeness (QED) is 0.484. The molecule has 3 aromatic rings. The molecule has 0 spiro atoms. The molecule has 1 heterocycles. The smallest absolute Gasteiger partial charge is 0.266 e. The number of hydrogen-bond donors (Lipinski definition) is 1. The van der Waals surface area contributed by atoms with Gasteiger partial charge in [0.25, 0.3) is 5.91 Å². The molecule has 1 N–H and O–H groups in total. The van der Waals surface area contributed by atoms with Gasteiger partial charge in [0.05, 0.1) is 0 Å². The number of nitrogens with one attached hydrogen (secondary N) is 1. The topological polar surface area (TPSA) is 64.1 Å². The summed E-state index contributed by atoms with van der Waals surface area (Å²) >= 11 is 3.02. The Kier molecular flexibility index (Phi) is 5.88. The molecule has 1 atom stereocenters. The number of carbonyl (C=O) groups excluding carboxylic acids is 1. The first-order valence-corrected chi connectivity index (χ1v) is 9.89. The van der Waals surface area contributed by atoms with E-state index >= 15 is 0 Å². The molecule has 0 saturated carbocycles. The van der Waals surface area contributed by atoms with E-state index in [2.05, 4.69) is 22.4 Å². The Bertz CT molecular complexity index is 861.